The van der Waals surface area contributed by atoms with Crippen molar-refractivity contribution < 1.29 is 19.8 Å². The van der Waals surface area contributed by atoms with Crippen LogP contribution in [0.4, 0.5) is 4.79 Å². The zero-order valence-electron chi connectivity index (χ0n) is 10.8. The molecule has 6 nitrogen and oxygen atoms in total. The number of aliphatic hydroxyl groups is 1. The molecule has 0 aliphatic rings. The number of carboxylic acids is 1. The molecule has 0 aromatic carbocycles. The molecular formula is C11H22N2O4. The Morgan fingerprint density at radius 1 is 1.24 bits per heavy atom. The summed E-state index contributed by atoms with van der Waals surface area (Å²) >= 11 is 0. The van der Waals surface area contributed by atoms with Gasteiger partial charge >= 0.3 is 12.0 Å². The van der Waals surface area contributed by atoms with E-state index in [-0.39, 0.29) is 18.6 Å². The Balaban J connectivity index is 4.29. The minimum absolute atomic E-state index is 0.0272. The molecule has 0 saturated carbocycles. The maximum atomic E-state index is 11.8. The maximum Gasteiger partial charge on any atom is 0.334 e. The molecule has 3 N–H and O–H groups in total. The molecule has 0 spiro atoms. The molecule has 1 atom stereocenters. The van der Waals surface area contributed by atoms with Gasteiger partial charge in [-0.05, 0) is 19.8 Å². The third-order valence-corrected chi connectivity index (χ3v) is 2.18. The van der Waals surface area contributed by atoms with Gasteiger partial charge in [0.25, 0.3) is 0 Å². The van der Waals surface area contributed by atoms with Crippen LogP contribution >= 0.6 is 0 Å². The molecule has 0 fully saturated rings. The van der Waals surface area contributed by atoms with Crippen LogP contribution in [0.5, 0.6) is 0 Å². The number of amides is 2. The fourth-order valence-corrected chi connectivity index (χ4v) is 1.29. The second-order valence-corrected chi connectivity index (χ2v) is 4.68. The zero-order chi connectivity index (χ0) is 13.6. The fourth-order valence-electron chi connectivity index (χ4n) is 1.29. The van der Waals surface area contributed by atoms with Crippen LogP contribution in [0, 0.1) is 5.92 Å². The van der Waals surface area contributed by atoms with Crippen LogP contribution in [0.2, 0.25) is 0 Å². The van der Waals surface area contributed by atoms with Crippen molar-refractivity contribution in [2.24, 2.45) is 5.92 Å². The Labute approximate surface area is 102 Å². The van der Waals surface area contributed by atoms with Crippen LogP contribution in [-0.4, -0.2) is 52.3 Å². The molecule has 0 radical (unpaired) electrons. The summed E-state index contributed by atoms with van der Waals surface area (Å²) in [4.78, 5) is 23.7. The van der Waals surface area contributed by atoms with E-state index in [4.69, 9.17) is 10.2 Å². The van der Waals surface area contributed by atoms with E-state index in [0.29, 0.717) is 12.5 Å². The van der Waals surface area contributed by atoms with Gasteiger partial charge in [-0.15, -0.1) is 0 Å². The predicted molar refractivity (Wildman–Crippen MR) is 63.7 cm³/mol. The zero-order valence-corrected chi connectivity index (χ0v) is 10.8. The van der Waals surface area contributed by atoms with Crippen molar-refractivity contribution in [2.45, 2.75) is 39.8 Å². The molecule has 1 unspecified atom stereocenters. The van der Waals surface area contributed by atoms with Gasteiger partial charge in [0.05, 0.1) is 6.54 Å². The number of hydrogen-bond acceptors (Lipinski definition) is 3. The second kappa shape index (κ2) is 7.11. The molecule has 100 valence electrons. The van der Waals surface area contributed by atoms with E-state index in [2.05, 4.69) is 5.32 Å². The first-order valence-corrected chi connectivity index (χ1v) is 5.71. The summed E-state index contributed by atoms with van der Waals surface area (Å²) in [6, 6.07) is -0.326. The molecular weight excluding hydrogens is 224 g/mol. The standard InChI is InChI=1S/C11H22N2O4/c1-7(2)6-13(8(3)4)11(17)12-5-9(14)10(15)16/h7-9,14H,5-6H2,1-4H3,(H,12,17)(H,15,16). The van der Waals surface area contributed by atoms with Crippen LogP contribution in [0.25, 0.3) is 0 Å². The van der Waals surface area contributed by atoms with Gasteiger partial charge in [-0.25, -0.2) is 9.59 Å². The van der Waals surface area contributed by atoms with Crippen molar-refractivity contribution in [2.75, 3.05) is 13.1 Å². The monoisotopic (exact) mass is 246 g/mol. The summed E-state index contributed by atoms with van der Waals surface area (Å²) in [5.41, 5.74) is 0. The highest BCUT2D eigenvalue weighted by Crippen LogP contribution is 2.04. The molecule has 0 aromatic heterocycles. The highest BCUT2D eigenvalue weighted by Gasteiger charge is 2.20. The first-order chi connectivity index (χ1) is 7.75. The molecule has 0 rings (SSSR count). The molecule has 0 saturated heterocycles. The summed E-state index contributed by atoms with van der Waals surface area (Å²) in [5.74, 6) is -1.02. The number of carbonyl (C=O) groups excluding carboxylic acids is 1. The minimum Gasteiger partial charge on any atom is -0.479 e. The fraction of sp³-hybridized carbons (Fsp3) is 0.818. The van der Waals surface area contributed by atoms with Gasteiger partial charge in [-0.1, -0.05) is 13.8 Å². The van der Waals surface area contributed by atoms with Crippen LogP contribution < -0.4 is 5.32 Å². The van der Waals surface area contributed by atoms with Crippen molar-refractivity contribution >= 4 is 12.0 Å². The number of aliphatic hydroxyl groups excluding tert-OH is 1. The summed E-state index contributed by atoms with van der Waals surface area (Å²) in [5, 5.41) is 19.9. The van der Waals surface area contributed by atoms with Gasteiger partial charge in [0, 0.05) is 12.6 Å². The second-order valence-electron chi connectivity index (χ2n) is 4.68. The smallest absolute Gasteiger partial charge is 0.334 e. The van der Waals surface area contributed by atoms with Gasteiger partial charge in [0.2, 0.25) is 0 Å². The molecule has 0 heterocycles. The lowest BCUT2D eigenvalue weighted by Crippen LogP contribution is -2.48. The molecule has 0 aliphatic carbocycles. The van der Waals surface area contributed by atoms with Gasteiger partial charge in [0.15, 0.2) is 6.10 Å². The third-order valence-electron chi connectivity index (χ3n) is 2.18. The van der Waals surface area contributed by atoms with E-state index in [0.717, 1.165) is 0 Å². The van der Waals surface area contributed by atoms with Crippen LogP contribution in [0.3, 0.4) is 0 Å². The normalized spacial score (nSPS) is 12.6. The SMILES string of the molecule is CC(C)CN(C(=O)NCC(O)C(=O)O)C(C)C. The Kier molecular flexibility index (Phi) is 6.57. The van der Waals surface area contributed by atoms with Crippen LogP contribution in [-0.2, 0) is 4.79 Å². The van der Waals surface area contributed by atoms with Crippen molar-refractivity contribution in [1.29, 1.82) is 0 Å². The van der Waals surface area contributed by atoms with E-state index >= 15 is 0 Å². The predicted octanol–water partition coefficient (Wildman–Crippen LogP) is 0.508. The minimum atomic E-state index is -1.56. The van der Waals surface area contributed by atoms with Crippen molar-refractivity contribution in [3.8, 4) is 0 Å². The van der Waals surface area contributed by atoms with Gasteiger partial charge in [0.1, 0.15) is 0 Å². The number of carbonyl (C=O) groups is 2. The largest absolute Gasteiger partial charge is 0.479 e. The highest BCUT2D eigenvalue weighted by molar-refractivity contribution is 5.77. The van der Waals surface area contributed by atoms with E-state index in [9.17, 15) is 9.59 Å². The average Bonchev–Trinajstić information content (AvgIpc) is 2.21. The Morgan fingerprint density at radius 2 is 1.76 bits per heavy atom. The Hall–Kier alpha value is -1.30. The number of urea groups is 1. The molecule has 0 aliphatic heterocycles. The lowest BCUT2D eigenvalue weighted by atomic mass is 10.2. The van der Waals surface area contributed by atoms with Crippen molar-refractivity contribution in [3.63, 3.8) is 0 Å². The molecule has 2 amide bonds. The summed E-state index contributed by atoms with van der Waals surface area (Å²) in [6.07, 6.45) is -1.56. The van der Waals surface area contributed by atoms with E-state index in [1.165, 1.54) is 0 Å². The molecule has 6 heteroatoms. The molecule has 17 heavy (non-hydrogen) atoms. The highest BCUT2D eigenvalue weighted by atomic mass is 16.4. The summed E-state index contributed by atoms with van der Waals surface area (Å²) < 4.78 is 0. The third kappa shape index (κ3) is 6.11. The maximum absolute atomic E-state index is 11.8. The van der Waals surface area contributed by atoms with Crippen molar-refractivity contribution in [1.82, 2.24) is 10.2 Å². The Morgan fingerprint density at radius 3 is 2.12 bits per heavy atom. The number of aliphatic carboxylic acids is 1. The van der Waals surface area contributed by atoms with Crippen molar-refractivity contribution in [3.05, 3.63) is 0 Å². The van der Waals surface area contributed by atoms with E-state index in [1.54, 1.807) is 4.90 Å². The number of carboxylic acid groups (broad SMARTS) is 1. The first-order valence-electron chi connectivity index (χ1n) is 5.71. The first kappa shape index (κ1) is 15.7. The van der Waals surface area contributed by atoms with E-state index in [1.807, 2.05) is 27.7 Å². The lowest BCUT2D eigenvalue weighted by molar-refractivity contribution is -0.146. The lowest BCUT2D eigenvalue weighted by Gasteiger charge is -2.28. The number of nitrogens with zero attached hydrogens (tertiary/aromatic N) is 1. The molecule has 0 aromatic rings. The summed E-state index contributed by atoms with van der Waals surface area (Å²) in [7, 11) is 0. The topological polar surface area (TPSA) is 89.9 Å². The van der Waals surface area contributed by atoms with Gasteiger partial charge in [-0.3, -0.25) is 0 Å². The molecule has 0 bridgehead atoms. The number of hydrogen-bond donors (Lipinski definition) is 3. The van der Waals surface area contributed by atoms with E-state index < -0.39 is 12.1 Å². The van der Waals surface area contributed by atoms with Crippen LogP contribution in [0.1, 0.15) is 27.7 Å². The van der Waals surface area contributed by atoms with Gasteiger partial charge < -0.3 is 20.4 Å². The Bertz CT molecular complexity index is 266. The van der Waals surface area contributed by atoms with Gasteiger partial charge in [-0.2, -0.15) is 0 Å². The van der Waals surface area contributed by atoms with Crippen LogP contribution in [0.15, 0.2) is 0 Å². The average molecular weight is 246 g/mol. The quantitative estimate of drug-likeness (QED) is 0.637. The number of nitrogens with one attached hydrogen (secondary N) is 1. The summed E-state index contributed by atoms with van der Waals surface area (Å²) in [6.45, 7) is 8.07. The number of rotatable bonds is 6.